The average molecular weight is 825 g/mol. The Morgan fingerprint density at radius 1 is 0.705 bits per heavy atom. The van der Waals surface area contributed by atoms with Crippen LogP contribution in [0.1, 0.15) is 49.4 Å². The fraction of sp³-hybridized carbons (Fsp3) is 0.289. The minimum Gasteiger partial charge on any atom is -0.453 e. The first-order valence-corrected chi connectivity index (χ1v) is 20.0. The number of carbonyl (C=O) groups excluding carboxylic acids is 4. The number of carbonyl (C=O) groups is 4. The highest BCUT2D eigenvalue weighted by Crippen LogP contribution is 2.35. The monoisotopic (exact) mass is 824 g/mol. The molecule has 5 heterocycles. The molecule has 0 spiro atoms. The van der Waals surface area contributed by atoms with E-state index in [1.165, 1.54) is 7.11 Å². The zero-order valence-electron chi connectivity index (χ0n) is 33.9. The van der Waals surface area contributed by atoms with Crippen molar-refractivity contribution in [1.82, 2.24) is 50.3 Å². The van der Waals surface area contributed by atoms with Crippen molar-refractivity contribution in [2.75, 3.05) is 20.2 Å². The lowest BCUT2D eigenvalue weighted by Gasteiger charge is -2.30. The van der Waals surface area contributed by atoms with Crippen molar-refractivity contribution in [3.05, 3.63) is 124 Å². The van der Waals surface area contributed by atoms with Crippen molar-refractivity contribution in [3.63, 3.8) is 0 Å². The minimum absolute atomic E-state index is 0.272. The number of fused-ring (bicyclic) bond motifs is 2. The van der Waals surface area contributed by atoms with Crippen molar-refractivity contribution < 1.29 is 28.7 Å². The van der Waals surface area contributed by atoms with Gasteiger partial charge in [-0.1, -0.05) is 36.9 Å². The second-order valence-corrected chi connectivity index (χ2v) is 14.8. The fourth-order valence-corrected chi connectivity index (χ4v) is 8.11. The summed E-state index contributed by atoms with van der Waals surface area (Å²) in [7, 11) is 1.25. The third-order valence-electron chi connectivity index (χ3n) is 11.3. The van der Waals surface area contributed by atoms with E-state index in [-0.39, 0.29) is 23.9 Å². The highest BCUT2D eigenvalue weighted by Gasteiger charge is 2.40. The number of nitrogens with one attached hydrogen (secondary N) is 4. The summed E-state index contributed by atoms with van der Waals surface area (Å²) in [5, 5.41) is 5.28. The number of H-pyrrole nitrogens is 2. The SMILES string of the molecule is C=COC(=O)N[C@H](C(=O)N1CCC[C@H]1c1nc2ccc(-c3cnc(-c4ccc5nc([C@@H]6CCCN6C(=O)[C@@H](NC(=O)OC)C(C=C)C=C)[nH]c5c4)nc3)cc2[nH]1)C(C=C)C=C. The number of imidazole rings is 2. The Kier molecular flexibility index (Phi) is 12.5. The predicted molar refractivity (Wildman–Crippen MR) is 230 cm³/mol. The average Bonchev–Trinajstić information content (AvgIpc) is 4.11. The summed E-state index contributed by atoms with van der Waals surface area (Å²) in [5.74, 6) is 0.213. The van der Waals surface area contributed by atoms with Crippen LogP contribution in [0.5, 0.6) is 0 Å². The summed E-state index contributed by atoms with van der Waals surface area (Å²) in [5.41, 5.74) is 5.48. The van der Waals surface area contributed by atoms with E-state index in [1.807, 2.05) is 36.4 Å². The molecular formula is C45H48N10O6. The second kappa shape index (κ2) is 18.3. The second-order valence-electron chi connectivity index (χ2n) is 14.8. The van der Waals surface area contributed by atoms with Crippen molar-refractivity contribution in [1.29, 1.82) is 0 Å². The number of methoxy groups -OCH3 is 1. The number of hydrogen-bond acceptors (Lipinski definition) is 10. The molecule has 5 aromatic rings. The topological polar surface area (TPSA) is 200 Å². The van der Waals surface area contributed by atoms with Crippen LogP contribution in [0.25, 0.3) is 44.6 Å². The molecule has 7 rings (SSSR count). The van der Waals surface area contributed by atoms with E-state index in [1.54, 1.807) is 46.5 Å². The molecule has 0 radical (unpaired) electrons. The molecule has 0 saturated carbocycles. The van der Waals surface area contributed by atoms with Crippen LogP contribution in [0.15, 0.2) is 112 Å². The number of benzene rings is 2. The van der Waals surface area contributed by atoms with Crippen LogP contribution in [0, 0.1) is 11.8 Å². The highest BCUT2D eigenvalue weighted by atomic mass is 16.5. The maximum atomic E-state index is 13.9. The Bertz CT molecular complexity index is 2490. The van der Waals surface area contributed by atoms with E-state index in [0.29, 0.717) is 43.4 Å². The number of alkyl carbamates (subject to hydrolysis) is 2. The van der Waals surface area contributed by atoms with Crippen LogP contribution in [0.4, 0.5) is 9.59 Å². The molecular weight excluding hydrogens is 777 g/mol. The lowest BCUT2D eigenvalue weighted by molar-refractivity contribution is -0.135. The lowest BCUT2D eigenvalue weighted by Crippen LogP contribution is -2.51. The molecule has 16 nitrogen and oxygen atoms in total. The number of nitrogens with zero attached hydrogens (tertiary/aromatic N) is 6. The van der Waals surface area contributed by atoms with E-state index in [4.69, 9.17) is 29.4 Å². The van der Waals surface area contributed by atoms with Crippen LogP contribution in [-0.4, -0.2) is 96.0 Å². The van der Waals surface area contributed by atoms with E-state index >= 15 is 0 Å². The lowest BCUT2D eigenvalue weighted by atomic mass is 9.98. The molecule has 0 aliphatic carbocycles. The van der Waals surface area contributed by atoms with Gasteiger partial charge in [-0.3, -0.25) is 9.59 Å². The van der Waals surface area contributed by atoms with Gasteiger partial charge >= 0.3 is 12.2 Å². The molecule has 2 fully saturated rings. The van der Waals surface area contributed by atoms with E-state index in [0.717, 1.165) is 57.9 Å². The zero-order valence-corrected chi connectivity index (χ0v) is 33.9. The molecule has 2 aromatic carbocycles. The van der Waals surface area contributed by atoms with Crippen molar-refractivity contribution >= 4 is 46.1 Å². The number of ether oxygens (including phenoxy) is 2. The number of aromatic amines is 2. The smallest absolute Gasteiger partial charge is 0.412 e. The minimum atomic E-state index is -0.966. The summed E-state index contributed by atoms with van der Waals surface area (Å²) in [4.78, 5) is 81.6. The molecule has 3 aromatic heterocycles. The van der Waals surface area contributed by atoms with Crippen LogP contribution in [0.2, 0.25) is 0 Å². The summed E-state index contributed by atoms with van der Waals surface area (Å²) >= 11 is 0. The zero-order chi connectivity index (χ0) is 43.2. The van der Waals surface area contributed by atoms with E-state index < -0.39 is 36.1 Å². The Morgan fingerprint density at radius 2 is 1.18 bits per heavy atom. The molecule has 4 N–H and O–H groups in total. The maximum Gasteiger partial charge on any atom is 0.412 e. The molecule has 16 heteroatoms. The first-order valence-electron chi connectivity index (χ1n) is 20.0. The largest absolute Gasteiger partial charge is 0.453 e. The van der Waals surface area contributed by atoms with Gasteiger partial charge in [0.2, 0.25) is 11.8 Å². The molecule has 2 aliphatic heterocycles. The fourth-order valence-electron chi connectivity index (χ4n) is 8.11. The quantitative estimate of drug-likeness (QED) is 0.0641. The van der Waals surface area contributed by atoms with Crippen LogP contribution >= 0.6 is 0 Å². The van der Waals surface area contributed by atoms with Gasteiger partial charge in [-0.2, -0.15) is 0 Å². The molecule has 61 heavy (non-hydrogen) atoms. The van der Waals surface area contributed by atoms with Crippen molar-refractivity contribution in [2.24, 2.45) is 11.8 Å². The van der Waals surface area contributed by atoms with Crippen molar-refractivity contribution in [3.8, 4) is 22.5 Å². The van der Waals surface area contributed by atoms with Gasteiger partial charge in [0.1, 0.15) is 23.7 Å². The predicted octanol–water partition coefficient (Wildman–Crippen LogP) is 6.83. The van der Waals surface area contributed by atoms with Gasteiger partial charge in [-0.05, 0) is 61.6 Å². The van der Waals surface area contributed by atoms with Gasteiger partial charge in [-0.15, -0.1) is 26.3 Å². The van der Waals surface area contributed by atoms with Crippen LogP contribution < -0.4 is 10.6 Å². The Morgan fingerprint density at radius 3 is 1.66 bits per heavy atom. The summed E-state index contributed by atoms with van der Waals surface area (Å²) in [6.45, 7) is 19.7. The van der Waals surface area contributed by atoms with Gasteiger partial charge in [0.05, 0.1) is 47.5 Å². The summed E-state index contributed by atoms with van der Waals surface area (Å²) in [6, 6.07) is 9.03. The van der Waals surface area contributed by atoms with Crippen LogP contribution in [-0.2, 0) is 19.1 Å². The first kappa shape index (κ1) is 41.8. The van der Waals surface area contributed by atoms with Gasteiger partial charge in [0.25, 0.3) is 0 Å². The van der Waals surface area contributed by atoms with E-state index in [9.17, 15) is 19.2 Å². The highest BCUT2D eigenvalue weighted by molar-refractivity contribution is 5.89. The standard InChI is InChI=1S/C45H48N10O6/c1-7-26(8-2)37(52-44(58)60-6)42(56)54-20-12-15-36(54)41-49-32-19-17-29(23-34(32)51-41)39-46-24-30(25-47-39)28-16-18-31-33(22-28)50-40(48-31)35-14-13-21-55(35)43(57)38(27(9-3)10-4)53-45(59)61-11-5/h7-11,16-19,22-27,35-38H,1-5,12-15,20-21H2,6H3,(H,48,50)(H,49,51)(H,52,58)(H,53,59)/t35-,36-,37-,38-/m0/s1. The van der Waals surface area contributed by atoms with Gasteiger partial charge in [-0.25, -0.2) is 29.5 Å². The normalized spacial score (nSPS) is 17.2. The third kappa shape index (κ3) is 8.55. The molecule has 2 aliphatic rings. The Labute approximate surface area is 352 Å². The molecule has 314 valence electrons. The van der Waals surface area contributed by atoms with Gasteiger partial charge in [0.15, 0.2) is 5.82 Å². The summed E-state index contributed by atoms with van der Waals surface area (Å²) < 4.78 is 9.62. The molecule has 4 atom stereocenters. The number of amides is 4. The number of likely N-dealkylation sites (tertiary alicyclic amines) is 2. The number of aromatic nitrogens is 6. The van der Waals surface area contributed by atoms with Gasteiger partial charge < -0.3 is 39.9 Å². The molecule has 0 bridgehead atoms. The number of hydrogen-bond donors (Lipinski definition) is 4. The Hall–Kier alpha value is -7.36. The Balaban J connectivity index is 1.07. The van der Waals surface area contributed by atoms with E-state index in [2.05, 4.69) is 53.5 Å². The molecule has 4 amide bonds. The van der Waals surface area contributed by atoms with Gasteiger partial charge in [0, 0.05) is 48.4 Å². The van der Waals surface area contributed by atoms with Crippen LogP contribution in [0.3, 0.4) is 0 Å². The number of rotatable bonds is 15. The molecule has 2 saturated heterocycles. The molecule has 0 unspecified atom stereocenters. The first-order chi connectivity index (χ1) is 29.6. The third-order valence-corrected chi connectivity index (χ3v) is 11.3. The van der Waals surface area contributed by atoms with Crippen molar-refractivity contribution in [2.45, 2.75) is 49.9 Å². The summed E-state index contributed by atoms with van der Waals surface area (Å²) in [6.07, 6.45) is 12.2. The maximum absolute atomic E-state index is 13.9.